The Morgan fingerprint density at radius 3 is 2.54 bits per heavy atom. The number of carbonyl (C=O) groups excluding carboxylic acids is 1. The van der Waals surface area contributed by atoms with Gasteiger partial charge in [0.1, 0.15) is 23.2 Å². The lowest BCUT2D eigenvalue weighted by Crippen LogP contribution is -2.31. The predicted molar refractivity (Wildman–Crippen MR) is 91.9 cm³/mol. The molecule has 7 heteroatoms. The van der Waals surface area contributed by atoms with E-state index in [0.29, 0.717) is 29.9 Å². The highest BCUT2D eigenvalue weighted by Gasteiger charge is 2.54. The van der Waals surface area contributed by atoms with Gasteiger partial charge in [-0.25, -0.2) is 14.1 Å². The van der Waals surface area contributed by atoms with Crippen LogP contribution in [-0.4, -0.2) is 25.8 Å². The Morgan fingerprint density at radius 2 is 1.92 bits per heavy atom. The van der Waals surface area contributed by atoms with Gasteiger partial charge < -0.3 is 10.8 Å². The van der Waals surface area contributed by atoms with E-state index in [1.807, 2.05) is 6.07 Å². The molecule has 1 amide bonds. The first kappa shape index (κ1) is 16.4. The van der Waals surface area contributed by atoms with E-state index in [2.05, 4.69) is 10.1 Å². The number of aliphatic hydroxyl groups excluding tert-OH is 1. The lowest BCUT2D eigenvalue weighted by Gasteiger charge is -2.12. The standard InChI is InChI=1S/C19H17FN4O2/c20-13-7-4-8-14(11-13)24-18(19(9-10-19)17(21)26)22-16(23-24)15(25)12-5-2-1-3-6-12/h1-8,11,15,25H,9-10H2,(H2,21,26)/t15-/m1/s1. The van der Waals surface area contributed by atoms with Gasteiger partial charge in [-0.05, 0) is 36.6 Å². The fraction of sp³-hybridized carbons (Fsp3) is 0.211. The van der Waals surface area contributed by atoms with Gasteiger partial charge in [0.2, 0.25) is 5.91 Å². The summed E-state index contributed by atoms with van der Waals surface area (Å²) < 4.78 is 15.1. The van der Waals surface area contributed by atoms with Crippen LogP contribution in [0.2, 0.25) is 0 Å². The van der Waals surface area contributed by atoms with E-state index in [9.17, 15) is 14.3 Å². The molecule has 1 saturated carbocycles. The maximum atomic E-state index is 13.7. The Morgan fingerprint density at radius 1 is 1.19 bits per heavy atom. The minimum atomic E-state index is -1.06. The van der Waals surface area contributed by atoms with Gasteiger partial charge in [0.15, 0.2) is 5.82 Å². The summed E-state index contributed by atoms with van der Waals surface area (Å²) >= 11 is 0. The molecule has 0 unspecified atom stereocenters. The zero-order valence-corrected chi connectivity index (χ0v) is 13.8. The molecule has 1 fully saturated rings. The Hall–Kier alpha value is -3.06. The Balaban J connectivity index is 1.85. The van der Waals surface area contributed by atoms with Crippen molar-refractivity contribution in [3.63, 3.8) is 0 Å². The molecule has 1 aromatic heterocycles. The number of primary amides is 1. The lowest BCUT2D eigenvalue weighted by atomic mass is 10.1. The second kappa shape index (κ2) is 6.03. The van der Waals surface area contributed by atoms with Crippen molar-refractivity contribution in [3.8, 4) is 5.69 Å². The van der Waals surface area contributed by atoms with Crippen LogP contribution in [0.25, 0.3) is 5.69 Å². The van der Waals surface area contributed by atoms with E-state index in [1.54, 1.807) is 36.4 Å². The van der Waals surface area contributed by atoms with Gasteiger partial charge in [0.05, 0.1) is 5.69 Å². The van der Waals surface area contributed by atoms with Gasteiger partial charge in [0.25, 0.3) is 0 Å². The number of nitrogens with zero attached hydrogens (tertiary/aromatic N) is 3. The van der Waals surface area contributed by atoms with Crippen molar-refractivity contribution < 1.29 is 14.3 Å². The molecule has 1 aliphatic rings. The maximum Gasteiger partial charge on any atom is 0.231 e. The van der Waals surface area contributed by atoms with Crippen LogP contribution in [0.4, 0.5) is 4.39 Å². The van der Waals surface area contributed by atoms with Crippen LogP contribution in [0.5, 0.6) is 0 Å². The van der Waals surface area contributed by atoms with Crippen molar-refractivity contribution in [1.29, 1.82) is 0 Å². The number of benzene rings is 2. The molecule has 6 nitrogen and oxygen atoms in total. The number of aliphatic hydroxyl groups is 1. The minimum absolute atomic E-state index is 0.142. The molecule has 0 radical (unpaired) electrons. The fourth-order valence-electron chi connectivity index (χ4n) is 3.03. The largest absolute Gasteiger partial charge is 0.380 e. The Bertz CT molecular complexity index is 967. The average Bonchev–Trinajstić information content (AvgIpc) is 3.34. The highest BCUT2D eigenvalue weighted by molar-refractivity contribution is 5.89. The number of aromatic nitrogens is 3. The molecule has 1 heterocycles. The third kappa shape index (κ3) is 2.66. The summed E-state index contributed by atoms with van der Waals surface area (Å²) in [6, 6.07) is 14.8. The Labute approximate surface area is 149 Å². The molecule has 0 spiro atoms. The summed E-state index contributed by atoms with van der Waals surface area (Å²) in [7, 11) is 0. The first-order valence-corrected chi connectivity index (χ1v) is 8.27. The van der Waals surface area contributed by atoms with Crippen LogP contribution in [0.1, 0.15) is 36.2 Å². The topological polar surface area (TPSA) is 94.0 Å². The number of hydrogen-bond donors (Lipinski definition) is 2. The smallest absolute Gasteiger partial charge is 0.231 e. The fourth-order valence-corrected chi connectivity index (χ4v) is 3.03. The summed E-state index contributed by atoms with van der Waals surface area (Å²) in [4.78, 5) is 16.4. The molecule has 0 bridgehead atoms. The first-order chi connectivity index (χ1) is 12.5. The van der Waals surface area contributed by atoms with Crippen LogP contribution in [0.3, 0.4) is 0 Å². The SMILES string of the molecule is NC(=O)C1(c2nc([C@H](O)c3ccccc3)nn2-c2cccc(F)c2)CC1. The van der Waals surface area contributed by atoms with Crippen LogP contribution in [-0.2, 0) is 10.2 Å². The molecule has 0 aliphatic heterocycles. The van der Waals surface area contributed by atoms with E-state index in [0.717, 1.165) is 0 Å². The summed E-state index contributed by atoms with van der Waals surface area (Å²) in [6.07, 6.45) is 0.0440. The van der Waals surface area contributed by atoms with Crippen LogP contribution < -0.4 is 5.73 Å². The van der Waals surface area contributed by atoms with Crippen molar-refractivity contribution in [2.24, 2.45) is 5.73 Å². The molecular formula is C19H17FN4O2. The molecule has 2 aromatic carbocycles. The van der Waals surface area contributed by atoms with Gasteiger partial charge in [-0.3, -0.25) is 4.79 Å². The van der Waals surface area contributed by atoms with E-state index < -0.39 is 23.2 Å². The van der Waals surface area contributed by atoms with Gasteiger partial charge in [-0.2, -0.15) is 0 Å². The van der Waals surface area contributed by atoms with Crippen LogP contribution in [0, 0.1) is 5.82 Å². The number of halogens is 1. The highest BCUT2D eigenvalue weighted by Crippen LogP contribution is 2.47. The molecule has 1 aliphatic carbocycles. The predicted octanol–water partition coefficient (Wildman–Crippen LogP) is 2.00. The number of rotatable bonds is 5. The van der Waals surface area contributed by atoms with Crippen molar-refractivity contribution in [2.75, 3.05) is 0 Å². The normalized spacial score (nSPS) is 16.2. The van der Waals surface area contributed by atoms with Crippen molar-refractivity contribution in [3.05, 3.63) is 77.6 Å². The third-order valence-corrected chi connectivity index (χ3v) is 4.69. The van der Waals surface area contributed by atoms with Crippen LogP contribution >= 0.6 is 0 Å². The van der Waals surface area contributed by atoms with Gasteiger partial charge >= 0.3 is 0 Å². The summed E-state index contributed by atoms with van der Waals surface area (Å²) in [5.41, 5.74) is 5.71. The molecule has 26 heavy (non-hydrogen) atoms. The monoisotopic (exact) mass is 352 g/mol. The molecular weight excluding hydrogens is 335 g/mol. The number of hydrogen-bond acceptors (Lipinski definition) is 4. The van der Waals surface area contributed by atoms with E-state index in [-0.39, 0.29) is 5.82 Å². The van der Waals surface area contributed by atoms with Crippen LogP contribution in [0.15, 0.2) is 54.6 Å². The van der Waals surface area contributed by atoms with E-state index >= 15 is 0 Å². The average molecular weight is 352 g/mol. The summed E-state index contributed by atoms with van der Waals surface area (Å²) in [6.45, 7) is 0. The highest BCUT2D eigenvalue weighted by atomic mass is 19.1. The molecule has 4 rings (SSSR count). The molecule has 3 N–H and O–H groups in total. The first-order valence-electron chi connectivity index (χ1n) is 8.27. The lowest BCUT2D eigenvalue weighted by molar-refractivity contribution is -0.120. The van der Waals surface area contributed by atoms with E-state index in [1.165, 1.54) is 16.8 Å². The molecule has 3 aromatic rings. The summed E-state index contributed by atoms with van der Waals surface area (Å²) in [5.74, 6) is -0.454. The second-order valence-corrected chi connectivity index (χ2v) is 6.44. The van der Waals surface area contributed by atoms with Gasteiger partial charge in [0, 0.05) is 0 Å². The zero-order valence-electron chi connectivity index (χ0n) is 13.8. The van der Waals surface area contributed by atoms with Gasteiger partial charge in [-0.1, -0.05) is 36.4 Å². The van der Waals surface area contributed by atoms with Crippen molar-refractivity contribution in [2.45, 2.75) is 24.4 Å². The minimum Gasteiger partial charge on any atom is -0.380 e. The van der Waals surface area contributed by atoms with Crippen molar-refractivity contribution in [1.82, 2.24) is 14.8 Å². The number of carbonyl (C=O) groups is 1. The number of amides is 1. The molecule has 0 saturated heterocycles. The quantitative estimate of drug-likeness (QED) is 0.734. The molecule has 1 atom stereocenters. The van der Waals surface area contributed by atoms with E-state index in [4.69, 9.17) is 5.73 Å². The summed E-state index contributed by atoms with van der Waals surface area (Å²) in [5, 5.41) is 15.0. The zero-order chi connectivity index (χ0) is 18.3. The third-order valence-electron chi connectivity index (χ3n) is 4.69. The second-order valence-electron chi connectivity index (χ2n) is 6.44. The maximum absolute atomic E-state index is 13.7. The Kier molecular flexibility index (Phi) is 3.81. The molecule has 132 valence electrons. The van der Waals surface area contributed by atoms with Crippen molar-refractivity contribution >= 4 is 5.91 Å². The van der Waals surface area contributed by atoms with Gasteiger partial charge in [-0.15, -0.1) is 5.10 Å². The number of nitrogens with two attached hydrogens (primary N) is 1.